The van der Waals surface area contributed by atoms with Gasteiger partial charge in [0.25, 0.3) is 5.56 Å². The molecule has 1 aliphatic rings. The van der Waals surface area contributed by atoms with Gasteiger partial charge in [0, 0.05) is 12.6 Å². The van der Waals surface area contributed by atoms with Crippen molar-refractivity contribution in [2.45, 2.75) is 19.0 Å². The van der Waals surface area contributed by atoms with Gasteiger partial charge in [0.2, 0.25) is 0 Å². The van der Waals surface area contributed by atoms with Crippen molar-refractivity contribution < 1.29 is 0 Å². The minimum absolute atomic E-state index is 0.0250. The summed E-state index contributed by atoms with van der Waals surface area (Å²) < 4.78 is 0.712. The maximum Gasteiger partial charge on any atom is 0.268 e. The number of likely N-dealkylation sites (N-methyl/N-ethyl adjacent to an activating group) is 1. The van der Waals surface area contributed by atoms with Crippen LogP contribution in [0.15, 0.2) is 16.2 Å². The first-order chi connectivity index (χ1) is 8.74. The molecule has 2 N–H and O–H groups in total. The van der Waals surface area contributed by atoms with E-state index in [2.05, 4.69) is 27.2 Å². The fourth-order valence-corrected chi connectivity index (χ4v) is 3.10. The molecule has 1 unspecified atom stereocenters. The summed E-state index contributed by atoms with van der Waals surface area (Å²) in [5.74, 6) is 0.750. The summed E-state index contributed by atoms with van der Waals surface area (Å²) in [6, 6.07) is 2.43. The Morgan fingerprint density at radius 3 is 3.28 bits per heavy atom. The van der Waals surface area contributed by atoms with Crippen LogP contribution in [0.1, 0.15) is 12.2 Å². The van der Waals surface area contributed by atoms with Gasteiger partial charge in [-0.25, -0.2) is 4.98 Å². The molecule has 1 fully saturated rings. The highest BCUT2D eigenvalue weighted by Gasteiger charge is 2.19. The largest absolute Gasteiger partial charge is 0.315 e. The van der Waals surface area contributed by atoms with Crippen LogP contribution < -0.4 is 10.9 Å². The minimum Gasteiger partial charge on any atom is -0.315 e. The molecule has 1 atom stereocenters. The number of H-pyrrole nitrogens is 1. The second kappa shape index (κ2) is 4.79. The van der Waals surface area contributed by atoms with Crippen molar-refractivity contribution in [3.05, 3.63) is 27.6 Å². The Kier molecular flexibility index (Phi) is 3.15. The summed E-state index contributed by atoms with van der Waals surface area (Å²) in [6.07, 6.45) is 1.15. The average Bonchev–Trinajstić information content (AvgIpc) is 2.99. The van der Waals surface area contributed by atoms with Crippen LogP contribution in [0.5, 0.6) is 0 Å². The summed E-state index contributed by atoms with van der Waals surface area (Å²) in [5, 5.41) is 5.25. The molecule has 18 heavy (non-hydrogen) atoms. The lowest BCUT2D eigenvalue weighted by Gasteiger charge is -2.22. The third kappa shape index (κ3) is 2.19. The van der Waals surface area contributed by atoms with Crippen molar-refractivity contribution in [1.29, 1.82) is 0 Å². The van der Waals surface area contributed by atoms with Gasteiger partial charge in [0.05, 0.1) is 12.1 Å². The predicted octanol–water partition coefficient (Wildman–Crippen LogP) is 0.778. The molecule has 0 radical (unpaired) electrons. The first-order valence-corrected chi connectivity index (χ1v) is 6.99. The Bertz CT molecular complexity index is 599. The molecule has 3 rings (SSSR count). The van der Waals surface area contributed by atoms with Crippen molar-refractivity contribution in [2.24, 2.45) is 0 Å². The molecular formula is C12H16N4OS. The Morgan fingerprint density at radius 2 is 2.50 bits per heavy atom. The first-order valence-electron chi connectivity index (χ1n) is 6.11. The summed E-state index contributed by atoms with van der Waals surface area (Å²) in [4.78, 5) is 21.5. The Morgan fingerprint density at radius 1 is 1.61 bits per heavy atom. The van der Waals surface area contributed by atoms with Crippen LogP contribution in [0.25, 0.3) is 10.2 Å². The van der Waals surface area contributed by atoms with Gasteiger partial charge < -0.3 is 10.3 Å². The number of nitrogens with one attached hydrogen (secondary N) is 2. The average molecular weight is 264 g/mol. The molecule has 2 aromatic rings. The van der Waals surface area contributed by atoms with Gasteiger partial charge in [-0.2, -0.15) is 0 Å². The van der Waals surface area contributed by atoms with Gasteiger partial charge in [-0.05, 0) is 31.5 Å². The molecule has 0 amide bonds. The van der Waals surface area contributed by atoms with E-state index < -0.39 is 0 Å². The van der Waals surface area contributed by atoms with Gasteiger partial charge in [0.1, 0.15) is 10.5 Å². The quantitative estimate of drug-likeness (QED) is 0.860. The van der Waals surface area contributed by atoms with Gasteiger partial charge in [0.15, 0.2) is 0 Å². The summed E-state index contributed by atoms with van der Waals surface area (Å²) in [5.41, 5.74) is 0.777. The van der Waals surface area contributed by atoms with Crippen molar-refractivity contribution in [3.63, 3.8) is 0 Å². The van der Waals surface area contributed by atoms with Crippen molar-refractivity contribution in [3.8, 4) is 0 Å². The van der Waals surface area contributed by atoms with Gasteiger partial charge in [-0.3, -0.25) is 9.69 Å². The third-order valence-corrected chi connectivity index (χ3v) is 4.32. The fourth-order valence-electron chi connectivity index (χ4n) is 2.38. The number of hydrogen-bond acceptors (Lipinski definition) is 5. The zero-order valence-corrected chi connectivity index (χ0v) is 11.1. The normalized spacial score (nSPS) is 20.0. The van der Waals surface area contributed by atoms with Crippen molar-refractivity contribution >= 4 is 21.6 Å². The first kappa shape index (κ1) is 11.8. The van der Waals surface area contributed by atoms with E-state index in [-0.39, 0.29) is 5.56 Å². The van der Waals surface area contributed by atoms with E-state index in [9.17, 15) is 4.79 Å². The molecule has 0 spiro atoms. The second-order valence-electron chi connectivity index (χ2n) is 4.71. The number of fused-ring (bicyclic) bond motifs is 1. The van der Waals surface area contributed by atoms with Crippen LogP contribution in [0, 0.1) is 0 Å². The molecule has 2 aromatic heterocycles. The number of hydrogen-bond donors (Lipinski definition) is 2. The second-order valence-corrected chi connectivity index (χ2v) is 5.63. The van der Waals surface area contributed by atoms with Crippen molar-refractivity contribution in [2.75, 3.05) is 20.1 Å². The van der Waals surface area contributed by atoms with E-state index in [4.69, 9.17) is 0 Å². The van der Waals surface area contributed by atoms with E-state index in [1.165, 1.54) is 11.3 Å². The fraction of sp³-hybridized carbons (Fsp3) is 0.500. The molecular weight excluding hydrogens is 248 g/mol. The lowest BCUT2D eigenvalue weighted by molar-refractivity contribution is 0.243. The number of thiophene rings is 1. The van der Waals surface area contributed by atoms with E-state index in [1.54, 1.807) is 0 Å². The van der Waals surface area contributed by atoms with Crippen LogP contribution in [-0.4, -0.2) is 41.0 Å². The van der Waals surface area contributed by atoms with E-state index in [1.807, 2.05) is 11.4 Å². The van der Waals surface area contributed by atoms with E-state index in [0.717, 1.165) is 30.9 Å². The van der Waals surface area contributed by atoms with Gasteiger partial charge >= 0.3 is 0 Å². The highest BCUT2D eigenvalue weighted by molar-refractivity contribution is 7.17. The SMILES string of the molecule is CN(Cc1nc2ccsc2c(=O)[nH]1)C1CCNC1. The number of aromatic nitrogens is 2. The molecule has 3 heterocycles. The van der Waals surface area contributed by atoms with Gasteiger partial charge in [-0.15, -0.1) is 11.3 Å². The van der Waals surface area contributed by atoms with Crippen LogP contribution in [-0.2, 0) is 6.54 Å². The minimum atomic E-state index is -0.0250. The Hall–Kier alpha value is -1.24. The summed E-state index contributed by atoms with van der Waals surface area (Å²) in [7, 11) is 2.08. The number of nitrogens with zero attached hydrogens (tertiary/aromatic N) is 2. The van der Waals surface area contributed by atoms with Crippen LogP contribution in [0.2, 0.25) is 0 Å². The van der Waals surface area contributed by atoms with Crippen LogP contribution in [0.3, 0.4) is 0 Å². The molecule has 0 saturated carbocycles. The van der Waals surface area contributed by atoms with Crippen LogP contribution >= 0.6 is 11.3 Å². The smallest absolute Gasteiger partial charge is 0.268 e. The highest BCUT2D eigenvalue weighted by atomic mass is 32.1. The lowest BCUT2D eigenvalue weighted by atomic mass is 10.2. The number of rotatable bonds is 3. The van der Waals surface area contributed by atoms with Gasteiger partial charge in [-0.1, -0.05) is 0 Å². The third-order valence-electron chi connectivity index (χ3n) is 3.42. The van der Waals surface area contributed by atoms with Crippen molar-refractivity contribution in [1.82, 2.24) is 20.2 Å². The maximum absolute atomic E-state index is 11.8. The monoisotopic (exact) mass is 264 g/mol. The predicted molar refractivity (Wildman–Crippen MR) is 73.0 cm³/mol. The zero-order chi connectivity index (χ0) is 12.5. The van der Waals surface area contributed by atoms with E-state index in [0.29, 0.717) is 17.3 Å². The van der Waals surface area contributed by atoms with Crippen LogP contribution in [0.4, 0.5) is 0 Å². The zero-order valence-electron chi connectivity index (χ0n) is 10.3. The molecule has 1 saturated heterocycles. The molecule has 0 aliphatic carbocycles. The molecule has 5 nitrogen and oxygen atoms in total. The standard InChI is InChI=1S/C12H16N4OS/c1-16(8-2-4-13-6-8)7-10-14-9-3-5-18-11(9)12(17)15-10/h3,5,8,13H,2,4,6-7H2,1H3,(H,14,15,17). The summed E-state index contributed by atoms with van der Waals surface area (Å²) in [6.45, 7) is 2.78. The molecule has 1 aliphatic heterocycles. The Balaban J connectivity index is 1.83. The Labute approximate surface area is 109 Å². The molecule has 0 bridgehead atoms. The lowest BCUT2D eigenvalue weighted by Crippen LogP contribution is -2.34. The maximum atomic E-state index is 11.8. The molecule has 0 aromatic carbocycles. The topological polar surface area (TPSA) is 61.0 Å². The number of aromatic amines is 1. The molecule has 6 heteroatoms. The van der Waals surface area contributed by atoms with E-state index >= 15 is 0 Å². The molecule has 96 valence electrons. The summed E-state index contributed by atoms with van der Waals surface area (Å²) >= 11 is 1.44. The highest BCUT2D eigenvalue weighted by Crippen LogP contribution is 2.15.